The number of aliphatic hydroxyl groups is 1. The van der Waals surface area contributed by atoms with Crippen molar-refractivity contribution in [3.8, 4) is 5.75 Å². The summed E-state index contributed by atoms with van der Waals surface area (Å²) in [4.78, 5) is 0. The zero-order valence-corrected chi connectivity index (χ0v) is 19.4. The normalized spacial score (nSPS) is 16.3. The van der Waals surface area contributed by atoms with Gasteiger partial charge in [0.2, 0.25) is 0 Å². The molecule has 0 aromatic heterocycles. The van der Waals surface area contributed by atoms with Crippen molar-refractivity contribution in [3.63, 3.8) is 0 Å². The van der Waals surface area contributed by atoms with Crippen molar-refractivity contribution in [2.24, 2.45) is 0 Å². The molecule has 0 bridgehead atoms. The maximum atomic E-state index is 14.2. The van der Waals surface area contributed by atoms with Gasteiger partial charge < -0.3 is 9.84 Å². The highest BCUT2D eigenvalue weighted by atomic mass is 19.4. The van der Waals surface area contributed by atoms with E-state index in [0.717, 1.165) is 18.2 Å². The van der Waals surface area contributed by atoms with Crippen molar-refractivity contribution in [1.82, 2.24) is 0 Å². The Hall–Kier alpha value is -2.21. The Labute approximate surface area is 207 Å². The molecule has 0 aliphatic rings. The van der Waals surface area contributed by atoms with E-state index < -0.39 is 77.1 Å². The molecule has 1 aromatic rings. The third-order valence-corrected chi connectivity index (χ3v) is 4.93. The van der Waals surface area contributed by atoms with Crippen LogP contribution in [0, 0.1) is 0 Å². The van der Waals surface area contributed by atoms with Crippen LogP contribution in [0.4, 0.5) is 74.6 Å². The lowest BCUT2D eigenvalue weighted by atomic mass is 9.87. The van der Waals surface area contributed by atoms with Gasteiger partial charge in [0.25, 0.3) is 0 Å². The SMILES string of the molecule is CC(C)(C)Oc1ccccc1C(O)CC(F)(F)C(F)(F)C(F)(F)C(F)(F)C(F)(F)C(F)(F)C(F)(F)C(F)(F)F. The van der Waals surface area contributed by atoms with Gasteiger partial charge in [-0.25, -0.2) is 0 Å². The fourth-order valence-corrected chi connectivity index (χ4v) is 2.86. The lowest BCUT2D eigenvalue weighted by Crippen LogP contribution is -2.74. The maximum absolute atomic E-state index is 14.2. The molecule has 1 rings (SSSR count). The number of halogens is 17. The van der Waals surface area contributed by atoms with Crippen LogP contribution >= 0.6 is 0 Å². The molecule has 0 radical (unpaired) electrons. The van der Waals surface area contributed by atoms with Gasteiger partial charge in [0.15, 0.2) is 0 Å². The molecule has 0 heterocycles. The minimum absolute atomic E-state index is 0.547. The van der Waals surface area contributed by atoms with Crippen molar-refractivity contribution in [2.45, 2.75) is 86.5 Å². The summed E-state index contributed by atoms with van der Waals surface area (Å²) in [5.74, 6) is -57.7. The number of alkyl halides is 17. The van der Waals surface area contributed by atoms with Crippen LogP contribution in [0.2, 0.25) is 0 Å². The van der Waals surface area contributed by atoms with E-state index in [-0.39, 0.29) is 0 Å². The average molecular weight is 612 g/mol. The molecule has 39 heavy (non-hydrogen) atoms. The molecule has 0 aliphatic carbocycles. The van der Waals surface area contributed by atoms with Gasteiger partial charge in [-0.05, 0) is 26.8 Å². The molecule has 0 saturated carbocycles. The van der Waals surface area contributed by atoms with Gasteiger partial charge in [0.1, 0.15) is 11.4 Å². The monoisotopic (exact) mass is 612 g/mol. The number of ether oxygens (including phenoxy) is 1. The van der Waals surface area contributed by atoms with Crippen molar-refractivity contribution in [2.75, 3.05) is 0 Å². The van der Waals surface area contributed by atoms with E-state index in [0.29, 0.717) is 6.07 Å². The summed E-state index contributed by atoms with van der Waals surface area (Å²) < 4.78 is 233. The van der Waals surface area contributed by atoms with Crippen molar-refractivity contribution in [1.29, 1.82) is 0 Å². The first-order chi connectivity index (χ1) is 16.8. The molecule has 1 atom stereocenters. The van der Waals surface area contributed by atoms with Gasteiger partial charge in [0.05, 0.1) is 6.10 Å². The number of para-hydroxylation sites is 1. The fourth-order valence-electron chi connectivity index (χ4n) is 2.86. The van der Waals surface area contributed by atoms with Crippen LogP contribution in [0.1, 0.15) is 38.9 Å². The zero-order chi connectivity index (χ0) is 31.5. The third kappa shape index (κ3) is 5.55. The number of rotatable bonds is 10. The molecule has 19 heteroatoms. The number of hydrogen-bond donors (Lipinski definition) is 1. The van der Waals surface area contributed by atoms with Gasteiger partial charge in [0, 0.05) is 12.0 Å². The van der Waals surface area contributed by atoms with Crippen LogP contribution in [0.3, 0.4) is 0 Å². The van der Waals surface area contributed by atoms with E-state index in [4.69, 9.17) is 4.74 Å². The van der Waals surface area contributed by atoms with Crippen LogP contribution in [-0.2, 0) is 0 Å². The smallest absolute Gasteiger partial charge is 0.460 e. The second-order valence-corrected chi connectivity index (χ2v) is 9.12. The second-order valence-electron chi connectivity index (χ2n) is 9.12. The predicted molar refractivity (Wildman–Crippen MR) is 97.1 cm³/mol. The summed E-state index contributed by atoms with van der Waals surface area (Å²) in [5, 5.41) is 9.93. The Morgan fingerprint density at radius 2 is 0.949 bits per heavy atom. The molecule has 2 nitrogen and oxygen atoms in total. The van der Waals surface area contributed by atoms with E-state index in [9.17, 15) is 79.7 Å². The largest absolute Gasteiger partial charge is 0.488 e. The molecular weight excluding hydrogens is 595 g/mol. The van der Waals surface area contributed by atoms with E-state index in [1.807, 2.05) is 0 Å². The summed E-state index contributed by atoms with van der Waals surface area (Å²) in [7, 11) is 0. The van der Waals surface area contributed by atoms with Crippen molar-refractivity contribution in [3.05, 3.63) is 29.8 Å². The summed E-state index contributed by atoms with van der Waals surface area (Å²) in [5.41, 5.74) is -2.04. The highest BCUT2D eigenvalue weighted by Crippen LogP contribution is 2.64. The van der Waals surface area contributed by atoms with Crippen molar-refractivity contribution >= 4 is 0 Å². The molecule has 1 unspecified atom stereocenters. The van der Waals surface area contributed by atoms with Crippen LogP contribution in [0.5, 0.6) is 5.75 Å². The number of hydrogen-bond acceptors (Lipinski definition) is 2. The Morgan fingerprint density at radius 3 is 1.33 bits per heavy atom. The van der Waals surface area contributed by atoms with Gasteiger partial charge in [-0.15, -0.1) is 0 Å². The predicted octanol–water partition coefficient (Wildman–Crippen LogP) is 8.30. The topological polar surface area (TPSA) is 29.5 Å². The molecule has 1 aromatic carbocycles. The molecule has 1 N–H and O–H groups in total. The first-order valence-electron chi connectivity index (χ1n) is 10.0. The number of benzene rings is 1. The standard InChI is InChI=1S/C20H17F17O2/c1-12(2,3)39-11-7-5-4-6-9(11)10(38)8-13(21,22)14(23,24)15(25,26)16(27,28)17(29,30)18(31,32)19(33,34)20(35,36)37/h4-7,10,38H,8H2,1-3H3. The van der Waals surface area contributed by atoms with Gasteiger partial charge >= 0.3 is 47.6 Å². The minimum atomic E-state index is -8.70. The van der Waals surface area contributed by atoms with Gasteiger partial charge in [-0.3, -0.25) is 0 Å². The van der Waals surface area contributed by atoms with Gasteiger partial charge in [-0.2, -0.15) is 74.6 Å². The zero-order valence-electron chi connectivity index (χ0n) is 19.4. The number of aliphatic hydroxyl groups excluding tert-OH is 1. The van der Waals surface area contributed by atoms with Crippen molar-refractivity contribution < 1.29 is 84.5 Å². The quantitative estimate of drug-likeness (QED) is 0.270. The van der Waals surface area contributed by atoms with Crippen LogP contribution in [0.25, 0.3) is 0 Å². The molecule has 0 saturated heterocycles. The summed E-state index contributed by atoms with van der Waals surface area (Å²) >= 11 is 0. The van der Waals surface area contributed by atoms with Crippen LogP contribution in [0.15, 0.2) is 24.3 Å². The molecule has 0 aliphatic heterocycles. The van der Waals surface area contributed by atoms with E-state index in [2.05, 4.69) is 0 Å². The highest BCUT2D eigenvalue weighted by molar-refractivity contribution is 5.36. The summed E-state index contributed by atoms with van der Waals surface area (Å²) in [6.07, 6.45) is -13.8. The lowest BCUT2D eigenvalue weighted by molar-refractivity contribution is -0.462. The lowest BCUT2D eigenvalue weighted by Gasteiger charge is -2.43. The summed E-state index contributed by atoms with van der Waals surface area (Å²) in [6.45, 7) is 4.04. The highest BCUT2D eigenvalue weighted by Gasteiger charge is 2.95. The Kier molecular flexibility index (Phi) is 8.67. The van der Waals surface area contributed by atoms with Gasteiger partial charge in [-0.1, -0.05) is 18.2 Å². The second kappa shape index (κ2) is 9.71. The maximum Gasteiger partial charge on any atom is 0.460 e. The average Bonchev–Trinajstić information content (AvgIpc) is 2.70. The van der Waals surface area contributed by atoms with Crippen LogP contribution in [-0.4, -0.2) is 58.3 Å². The molecule has 0 amide bonds. The molecule has 0 fully saturated rings. The Balaban J connectivity index is 3.57. The van der Waals surface area contributed by atoms with E-state index in [1.54, 1.807) is 0 Å². The first-order valence-corrected chi connectivity index (χ1v) is 10.0. The summed E-state index contributed by atoms with van der Waals surface area (Å²) in [6, 6.07) is 3.72. The van der Waals surface area contributed by atoms with Crippen LogP contribution < -0.4 is 4.74 Å². The Morgan fingerprint density at radius 1 is 0.590 bits per heavy atom. The minimum Gasteiger partial charge on any atom is -0.488 e. The third-order valence-electron chi connectivity index (χ3n) is 4.93. The molecule has 0 spiro atoms. The Bertz CT molecular complexity index is 1010. The fraction of sp³-hybridized carbons (Fsp3) is 0.700. The van der Waals surface area contributed by atoms with E-state index in [1.165, 1.54) is 20.8 Å². The first kappa shape index (κ1) is 34.8. The molecule has 228 valence electrons. The van der Waals surface area contributed by atoms with E-state index >= 15 is 0 Å². The molecular formula is C20H17F17O2.